The first-order valence-corrected chi connectivity index (χ1v) is 4.97. The first-order chi connectivity index (χ1) is 8.16. The summed E-state index contributed by atoms with van der Waals surface area (Å²) in [6.07, 6.45) is 2.84. The van der Waals surface area contributed by atoms with E-state index < -0.39 is 0 Å². The summed E-state index contributed by atoms with van der Waals surface area (Å²) in [5.74, 6) is 0.826. The Hall–Kier alpha value is -2.44. The number of nitrogens with one attached hydrogen (secondary N) is 2. The summed E-state index contributed by atoms with van der Waals surface area (Å²) in [6.45, 7) is 0. The molecule has 0 saturated carbocycles. The molecule has 0 aromatic carbocycles. The number of pyridine rings is 1. The largest absolute Gasteiger partial charge is 0.363 e. The quantitative estimate of drug-likeness (QED) is 0.805. The van der Waals surface area contributed by atoms with Crippen LogP contribution < -0.4 is 10.2 Å². The number of hydrogen-bond donors (Lipinski definition) is 2. The van der Waals surface area contributed by atoms with E-state index in [9.17, 15) is 4.79 Å². The molecule has 7 nitrogen and oxygen atoms in total. The number of anilines is 2. The minimum atomic E-state index is -0.278. The molecule has 2 heterocycles. The number of aromatic amines is 1. The lowest BCUT2D eigenvalue weighted by molar-refractivity contribution is 0.102. The molecule has 0 aliphatic rings. The van der Waals surface area contributed by atoms with Crippen LogP contribution in [0.15, 0.2) is 24.7 Å². The van der Waals surface area contributed by atoms with Crippen LogP contribution >= 0.6 is 0 Å². The second-order valence-electron chi connectivity index (χ2n) is 3.59. The lowest BCUT2D eigenvalue weighted by Crippen LogP contribution is -2.15. The van der Waals surface area contributed by atoms with Crippen LogP contribution in [0.25, 0.3) is 0 Å². The number of hydrogen-bond acceptors (Lipinski definition) is 5. The van der Waals surface area contributed by atoms with E-state index in [0.717, 1.165) is 5.82 Å². The molecule has 0 fully saturated rings. The van der Waals surface area contributed by atoms with Crippen LogP contribution in [0, 0.1) is 0 Å². The third kappa shape index (κ3) is 2.57. The fourth-order valence-electron chi connectivity index (χ4n) is 1.23. The summed E-state index contributed by atoms with van der Waals surface area (Å²) in [4.78, 5) is 21.5. The number of aromatic nitrogens is 4. The van der Waals surface area contributed by atoms with Crippen molar-refractivity contribution in [1.82, 2.24) is 20.2 Å². The van der Waals surface area contributed by atoms with Gasteiger partial charge < -0.3 is 4.90 Å². The zero-order chi connectivity index (χ0) is 12.3. The Bertz CT molecular complexity index is 490. The normalized spacial score (nSPS) is 10.0. The molecule has 0 aliphatic heterocycles. The average Bonchev–Trinajstić information content (AvgIpc) is 2.82. The van der Waals surface area contributed by atoms with Gasteiger partial charge in [0.05, 0.1) is 5.56 Å². The van der Waals surface area contributed by atoms with Gasteiger partial charge in [-0.25, -0.2) is 10.1 Å². The highest BCUT2D eigenvalue weighted by Gasteiger charge is 2.08. The van der Waals surface area contributed by atoms with Crippen LogP contribution in [-0.2, 0) is 0 Å². The topological polar surface area (TPSA) is 86.8 Å². The van der Waals surface area contributed by atoms with Crippen molar-refractivity contribution in [3.63, 3.8) is 0 Å². The van der Waals surface area contributed by atoms with Crippen molar-refractivity contribution >= 4 is 17.7 Å². The lowest BCUT2D eigenvalue weighted by atomic mass is 10.2. The van der Waals surface area contributed by atoms with Gasteiger partial charge in [0, 0.05) is 20.3 Å². The van der Waals surface area contributed by atoms with Crippen molar-refractivity contribution in [3.8, 4) is 0 Å². The Morgan fingerprint density at radius 3 is 2.71 bits per heavy atom. The third-order valence-corrected chi connectivity index (χ3v) is 2.12. The Balaban J connectivity index is 2.09. The molecule has 2 N–H and O–H groups in total. The summed E-state index contributed by atoms with van der Waals surface area (Å²) in [5, 5.41) is 8.74. The van der Waals surface area contributed by atoms with E-state index in [1.807, 2.05) is 19.0 Å². The fourth-order valence-corrected chi connectivity index (χ4v) is 1.23. The molecule has 2 aromatic heterocycles. The van der Waals surface area contributed by atoms with Gasteiger partial charge in [-0.2, -0.15) is 10.1 Å². The van der Waals surface area contributed by atoms with Gasteiger partial charge in [-0.3, -0.25) is 10.1 Å². The molecule has 0 unspecified atom stereocenters. The molecule has 0 bridgehead atoms. The molecule has 0 spiro atoms. The van der Waals surface area contributed by atoms with Crippen molar-refractivity contribution in [2.75, 3.05) is 24.3 Å². The van der Waals surface area contributed by atoms with E-state index in [1.54, 1.807) is 12.1 Å². The molecule has 17 heavy (non-hydrogen) atoms. The first kappa shape index (κ1) is 11.1. The Labute approximate surface area is 97.9 Å². The molecule has 1 amide bonds. The van der Waals surface area contributed by atoms with Crippen LogP contribution in [0.2, 0.25) is 0 Å². The van der Waals surface area contributed by atoms with E-state index in [2.05, 4.69) is 25.5 Å². The molecule has 2 aromatic rings. The minimum absolute atomic E-state index is 0.278. The van der Waals surface area contributed by atoms with Crippen LogP contribution in [0.4, 0.5) is 11.8 Å². The van der Waals surface area contributed by atoms with Gasteiger partial charge in [0.2, 0.25) is 5.95 Å². The van der Waals surface area contributed by atoms with Crippen LogP contribution in [0.1, 0.15) is 10.4 Å². The van der Waals surface area contributed by atoms with Gasteiger partial charge in [-0.1, -0.05) is 0 Å². The Kier molecular flexibility index (Phi) is 2.99. The minimum Gasteiger partial charge on any atom is -0.363 e. The van der Waals surface area contributed by atoms with E-state index in [0.29, 0.717) is 11.5 Å². The third-order valence-electron chi connectivity index (χ3n) is 2.12. The molecular weight excluding hydrogens is 220 g/mol. The van der Waals surface area contributed by atoms with Crippen molar-refractivity contribution in [2.45, 2.75) is 0 Å². The van der Waals surface area contributed by atoms with E-state index in [1.165, 1.54) is 12.5 Å². The number of amides is 1. The van der Waals surface area contributed by atoms with Crippen molar-refractivity contribution in [3.05, 3.63) is 30.2 Å². The molecular formula is C10H12N6O. The molecule has 0 atom stereocenters. The number of H-pyrrole nitrogens is 1. The molecule has 0 saturated heterocycles. The smallest absolute Gasteiger partial charge is 0.259 e. The van der Waals surface area contributed by atoms with Crippen molar-refractivity contribution in [1.29, 1.82) is 0 Å². The molecule has 2 rings (SSSR count). The highest BCUT2D eigenvalue weighted by molar-refractivity contribution is 6.03. The number of nitrogens with zero attached hydrogens (tertiary/aromatic N) is 4. The molecule has 88 valence electrons. The fraction of sp³-hybridized carbons (Fsp3) is 0.200. The van der Waals surface area contributed by atoms with Gasteiger partial charge >= 0.3 is 0 Å². The van der Waals surface area contributed by atoms with Crippen molar-refractivity contribution < 1.29 is 4.79 Å². The molecule has 0 aliphatic carbocycles. The lowest BCUT2D eigenvalue weighted by Gasteiger charge is -2.10. The summed E-state index contributed by atoms with van der Waals surface area (Å²) >= 11 is 0. The summed E-state index contributed by atoms with van der Waals surface area (Å²) in [5.41, 5.74) is 0.465. The molecule has 7 heteroatoms. The van der Waals surface area contributed by atoms with Crippen LogP contribution in [-0.4, -0.2) is 40.2 Å². The van der Waals surface area contributed by atoms with Gasteiger partial charge in [0.1, 0.15) is 12.1 Å². The first-order valence-electron chi connectivity index (χ1n) is 4.97. The Morgan fingerprint density at radius 2 is 2.18 bits per heavy atom. The highest BCUT2D eigenvalue weighted by atomic mass is 16.1. The Morgan fingerprint density at radius 1 is 1.35 bits per heavy atom. The van der Waals surface area contributed by atoms with E-state index in [4.69, 9.17) is 0 Å². The number of carbonyl (C=O) groups excluding carboxylic acids is 1. The summed E-state index contributed by atoms with van der Waals surface area (Å²) in [7, 11) is 3.77. The number of carbonyl (C=O) groups is 1. The maximum Gasteiger partial charge on any atom is 0.259 e. The monoisotopic (exact) mass is 232 g/mol. The van der Waals surface area contributed by atoms with Gasteiger partial charge in [0.15, 0.2) is 0 Å². The maximum atomic E-state index is 11.7. The SMILES string of the molecule is CN(C)c1ccc(C(=O)Nc2ncn[nH]2)cn1. The molecule has 0 radical (unpaired) electrons. The summed E-state index contributed by atoms with van der Waals surface area (Å²) in [6, 6.07) is 3.48. The average molecular weight is 232 g/mol. The zero-order valence-electron chi connectivity index (χ0n) is 9.51. The predicted octanol–water partition coefficient (Wildman–Crippen LogP) is 0.518. The summed E-state index contributed by atoms with van der Waals surface area (Å²) < 4.78 is 0. The standard InChI is InChI=1S/C10H12N6O/c1-16(2)8-4-3-7(5-11-8)9(17)14-10-12-6-13-15-10/h3-6H,1-2H3,(H2,12,13,14,15,17). The maximum absolute atomic E-state index is 11.7. The van der Waals surface area contributed by atoms with Gasteiger partial charge in [0.25, 0.3) is 5.91 Å². The van der Waals surface area contributed by atoms with Crippen LogP contribution in [0.5, 0.6) is 0 Å². The van der Waals surface area contributed by atoms with Crippen molar-refractivity contribution in [2.24, 2.45) is 0 Å². The van der Waals surface area contributed by atoms with E-state index in [-0.39, 0.29) is 5.91 Å². The highest BCUT2D eigenvalue weighted by Crippen LogP contribution is 2.08. The van der Waals surface area contributed by atoms with E-state index >= 15 is 0 Å². The predicted molar refractivity (Wildman–Crippen MR) is 62.9 cm³/mol. The van der Waals surface area contributed by atoms with Crippen LogP contribution in [0.3, 0.4) is 0 Å². The van der Waals surface area contributed by atoms with Gasteiger partial charge in [-0.15, -0.1) is 0 Å². The number of rotatable bonds is 3. The zero-order valence-corrected chi connectivity index (χ0v) is 9.51. The van der Waals surface area contributed by atoms with Gasteiger partial charge in [-0.05, 0) is 12.1 Å². The second-order valence-corrected chi connectivity index (χ2v) is 3.59. The second kappa shape index (κ2) is 4.60.